The second-order valence-corrected chi connectivity index (χ2v) is 10.7. The van der Waals surface area contributed by atoms with E-state index in [-0.39, 0.29) is 30.9 Å². The molecule has 0 spiro atoms. The molecule has 1 aliphatic heterocycles. The molecule has 3 aromatic rings. The number of rotatable bonds is 6. The lowest BCUT2D eigenvalue weighted by molar-refractivity contribution is -0.143. The average molecular weight is 628 g/mol. The number of halogens is 7. The lowest BCUT2D eigenvalue weighted by Gasteiger charge is -2.42. The maximum Gasteiger partial charge on any atom is 0.416 e. The summed E-state index contributed by atoms with van der Waals surface area (Å²) in [5, 5.41) is 2.70. The van der Waals surface area contributed by atoms with Crippen molar-refractivity contribution in [3.8, 4) is 0 Å². The van der Waals surface area contributed by atoms with E-state index in [1.54, 1.807) is 12.1 Å². The first-order chi connectivity index (χ1) is 19.6. The number of carbonyl (C=O) groups excluding carboxylic acids is 2. The van der Waals surface area contributed by atoms with Crippen molar-refractivity contribution in [3.63, 3.8) is 0 Å². The summed E-state index contributed by atoms with van der Waals surface area (Å²) >= 11 is 0. The Balaban J connectivity index is 0.00000506. The molecule has 1 fully saturated rings. The minimum atomic E-state index is -5.05. The van der Waals surface area contributed by atoms with Crippen LogP contribution in [0, 0.1) is 13.8 Å². The molecule has 43 heavy (non-hydrogen) atoms. The van der Waals surface area contributed by atoms with Crippen LogP contribution in [0.25, 0.3) is 0 Å². The van der Waals surface area contributed by atoms with E-state index in [1.165, 1.54) is 11.8 Å². The summed E-state index contributed by atoms with van der Waals surface area (Å²) in [4.78, 5) is 28.4. The van der Waals surface area contributed by atoms with E-state index in [0.29, 0.717) is 43.9 Å². The van der Waals surface area contributed by atoms with Crippen molar-refractivity contribution in [2.75, 3.05) is 25.0 Å². The lowest BCUT2D eigenvalue weighted by atomic mass is 9.97. The Bertz CT molecular complexity index is 1430. The molecule has 2 amide bonds. The zero-order valence-corrected chi connectivity index (χ0v) is 24.6. The molecule has 0 aliphatic carbocycles. The Hall–Kier alpha value is -3.57. The van der Waals surface area contributed by atoms with Crippen molar-refractivity contribution in [1.29, 1.82) is 0 Å². The van der Waals surface area contributed by atoms with Crippen LogP contribution in [0.2, 0.25) is 0 Å². The van der Waals surface area contributed by atoms with Gasteiger partial charge in [-0.15, -0.1) is 12.4 Å². The summed E-state index contributed by atoms with van der Waals surface area (Å²) in [7, 11) is 0. The number of amides is 2. The lowest BCUT2D eigenvalue weighted by Crippen LogP contribution is -2.55. The smallest absolute Gasteiger partial charge is 0.333 e. The minimum Gasteiger partial charge on any atom is -0.333 e. The van der Waals surface area contributed by atoms with Crippen molar-refractivity contribution in [1.82, 2.24) is 9.80 Å². The first-order valence-corrected chi connectivity index (χ1v) is 13.4. The second kappa shape index (κ2) is 13.4. The number of benzene rings is 3. The number of hydrogen-bond acceptors (Lipinski definition) is 3. The Kier molecular flexibility index (Phi) is 10.6. The second-order valence-electron chi connectivity index (χ2n) is 10.7. The molecule has 0 radical (unpaired) electrons. The molecular formula is C31H32ClF6N3O2. The Morgan fingerprint density at radius 3 is 1.93 bits per heavy atom. The highest BCUT2D eigenvalue weighted by Gasteiger charge is 2.39. The fraction of sp³-hybridized carbons (Fsp3) is 0.355. The van der Waals surface area contributed by atoms with E-state index in [9.17, 15) is 35.9 Å². The number of nitrogens with one attached hydrogen (secondary N) is 1. The Morgan fingerprint density at radius 2 is 1.40 bits per heavy atom. The van der Waals surface area contributed by atoms with E-state index in [2.05, 4.69) is 10.2 Å². The maximum absolute atomic E-state index is 13.6. The highest BCUT2D eigenvalue weighted by molar-refractivity contribution is 5.95. The van der Waals surface area contributed by atoms with Gasteiger partial charge in [0, 0.05) is 50.4 Å². The number of carbonyl (C=O) groups is 2. The third kappa shape index (κ3) is 8.73. The number of anilines is 1. The van der Waals surface area contributed by atoms with Crippen molar-refractivity contribution in [2.24, 2.45) is 0 Å². The molecule has 4 rings (SSSR count). The quantitative estimate of drug-likeness (QED) is 0.292. The topological polar surface area (TPSA) is 52.7 Å². The van der Waals surface area contributed by atoms with Crippen LogP contribution in [0.1, 0.15) is 50.7 Å². The number of hydrogen-bond donors (Lipinski definition) is 1. The van der Waals surface area contributed by atoms with Gasteiger partial charge in [-0.1, -0.05) is 30.3 Å². The molecular weight excluding hydrogens is 596 g/mol. The third-order valence-corrected chi connectivity index (χ3v) is 7.39. The molecule has 0 bridgehead atoms. The molecule has 1 N–H and O–H groups in total. The Labute approximate surface area is 252 Å². The fourth-order valence-electron chi connectivity index (χ4n) is 5.11. The van der Waals surface area contributed by atoms with Gasteiger partial charge in [0.2, 0.25) is 5.91 Å². The first-order valence-electron chi connectivity index (χ1n) is 13.4. The number of nitrogens with zero attached hydrogens (tertiary/aromatic N) is 2. The average Bonchev–Trinajstić information content (AvgIpc) is 2.90. The molecule has 0 unspecified atom stereocenters. The number of alkyl halides is 6. The van der Waals surface area contributed by atoms with Crippen molar-refractivity contribution < 1.29 is 35.9 Å². The Morgan fingerprint density at radius 1 is 0.814 bits per heavy atom. The van der Waals surface area contributed by atoms with E-state index in [4.69, 9.17) is 0 Å². The van der Waals surface area contributed by atoms with E-state index >= 15 is 0 Å². The fourth-order valence-corrected chi connectivity index (χ4v) is 5.11. The van der Waals surface area contributed by atoms with Gasteiger partial charge in [-0.25, -0.2) is 0 Å². The van der Waals surface area contributed by atoms with Gasteiger partial charge in [-0.05, 0) is 72.9 Å². The minimum absolute atomic E-state index is 0. The summed E-state index contributed by atoms with van der Waals surface area (Å²) < 4.78 is 81.0. The van der Waals surface area contributed by atoms with Crippen molar-refractivity contribution >= 4 is 29.9 Å². The summed E-state index contributed by atoms with van der Waals surface area (Å²) in [6, 6.07) is 13.6. The molecule has 0 saturated carbocycles. The highest BCUT2D eigenvalue weighted by Crippen LogP contribution is 2.37. The molecule has 232 valence electrons. The zero-order valence-electron chi connectivity index (χ0n) is 23.8. The monoisotopic (exact) mass is 627 g/mol. The molecule has 1 saturated heterocycles. The van der Waals surface area contributed by atoms with Gasteiger partial charge in [-0.2, -0.15) is 26.3 Å². The highest BCUT2D eigenvalue weighted by atomic mass is 35.5. The van der Waals surface area contributed by atoms with Crippen LogP contribution in [-0.4, -0.2) is 47.3 Å². The summed E-state index contributed by atoms with van der Waals surface area (Å²) in [5.74, 6) is -1.07. The third-order valence-electron chi connectivity index (χ3n) is 7.39. The van der Waals surface area contributed by atoms with Crippen LogP contribution in [-0.2, 0) is 30.1 Å². The van der Waals surface area contributed by atoms with Gasteiger partial charge in [0.05, 0.1) is 11.1 Å². The van der Waals surface area contributed by atoms with Crippen LogP contribution >= 0.6 is 12.4 Å². The molecule has 1 aliphatic rings. The largest absolute Gasteiger partial charge is 0.416 e. The predicted octanol–water partition coefficient (Wildman–Crippen LogP) is 7.29. The SMILES string of the molecule is CC(=O)Nc1ccc(CN2CCN(C(=O)c3cc(C(F)(F)F)cc(C(F)(F)F)c3)[C@H](Cc3ccc(C)c(C)c3)C2)cc1.Cl. The van der Waals surface area contributed by atoms with E-state index in [0.717, 1.165) is 22.3 Å². The van der Waals surface area contributed by atoms with Crippen LogP contribution in [0.5, 0.6) is 0 Å². The molecule has 3 aromatic carbocycles. The van der Waals surface area contributed by atoms with E-state index < -0.39 is 41.0 Å². The van der Waals surface area contributed by atoms with Crippen LogP contribution in [0.4, 0.5) is 32.0 Å². The van der Waals surface area contributed by atoms with Gasteiger partial charge < -0.3 is 10.2 Å². The molecule has 1 atom stereocenters. The van der Waals surface area contributed by atoms with Gasteiger partial charge in [-0.3, -0.25) is 14.5 Å². The van der Waals surface area contributed by atoms with Gasteiger partial charge in [0.15, 0.2) is 0 Å². The van der Waals surface area contributed by atoms with E-state index in [1.807, 2.05) is 44.2 Å². The number of piperazine rings is 1. The van der Waals surface area contributed by atoms with Crippen LogP contribution in [0.3, 0.4) is 0 Å². The van der Waals surface area contributed by atoms with Crippen LogP contribution in [0.15, 0.2) is 60.7 Å². The van der Waals surface area contributed by atoms with Crippen LogP contribution < -0.4 is 5.32 Å². The van der Waals surface area contributed by atoms with Gasteiger partial charge in [0.1, 0.15) is 0 Å². The van der Waals surface area contributed by atoms with Crippen molar-refractivity contribution in [3.05, 3.63) is 99.6 Å². The van der Waals surface area contributed by atoms with Gasteiger partial charge in [0.25, 0.3) is 5.91 Å². The standard InChI is InChI=1S/C31H31F6N3O2.ClH/c1-19-4-5-23(12-20(19)2)13-28-18-39(17-22-6-8-27(9-7-22)38-21(3)41)10-11-40(28)29(42)24-14-25(30(32,33)34)16-26(15-24)31(35,36)37;/h4-9,12,14-16,28H,10-11,13,17-18H2,1-3H3,(H,38,41);1H/t28-;/m1./s1. The first kappa shape index (κ1) is 33.9. The summed E-state index contributed by atoms with van der Waals surface area (Å²) in [5.41, 5.74) is 0.913. The van der Waals surface area contributed by atoms with Gasteiger partial charge >= 0.3 is 12.4 Å². The predicted molar refractivity (Wildman–Crippen MR) is 154 cm³/mol. The summed E-state index contributed by atoms with van der Waals surface area (Å²) in [6.45, 7) is 6.67. The van der Waals surface area contributed by atoms with Crippen molar-refractivity contribution in [2.45, 2.75) is 52.1 Å². The maximum atomic E-state index is 13.6. The molecule has 0 aromatic heterocycles. The normalized spacial score (nSPS) is 16.0. The molecule has 5 nitrogen and oxygen atoms in total. The molecule has 1 heterocycles. The summed E-state index contributed by atoms with van der Waals surface area (Å²) in [6.07, 6.45) is -9.73. The number of aryl methyl sites for hydroxylation is 2. The molecule has 12 heteroatoms. The zero-order chi connectivity index (χ0) is 30.8.